The van der Waals surface area contributed by atoms with Crippen molar-refractivity contribution >= 4 is 11.8 Å². The third-order valence-electron chi connectivity index (χ3n) is 15.2. The van der Waals surface area contributed by atoms with E-state index in [0.717, 1.165) is 32.1 Å². The van der Waals surface area contributed by atoms with Gasteiger partial charge >= 0.3 is 5.97 Å². The van der Waals surface area contributed by atoms with Gasteiger partial charge in [0.05, 0.1) is 19.8 Å². The fraction of sp³-hybridized carbons (Fsp3) is 0.900. The first-order valence-electron chi connectivity index (χ1n) is 18.4. The van der Waals surface area contributed by atoms with E-state index in [2.05, 4.69) is 75.3 Å². The number of carbonyl (C=O) groups excluding carboxylic acids is 2. The fourth-order valence-electron chi connectivity index (χ4n) is 11.6. The highest BCUT2D eigenvalue weighted by Gasteiger charge is 2.68. The Kier molecular flexibility index (Phi) is 10.3. The number of hydrogen-bond donors (Lipinski definition) is 1. The first-order chi connectivity index (χ1) is 21.0. The Bertz CT molecular complexity index is 1190. The molecular weight excluding hydrogens is 574 g/mol. The van der Waals surface area contributed by atoms with Crippen LogP contribution in [0.3, 0.4) is 0 Å². The summed E-state index contributed by atoms with van der Waals surface area (Å²) in [6.07, 6.45) is 7.03. The number of ketones is 1. The van der Waals surface area contributed by atoms with Gasteiger partial charge < -0.3 is 19.9 Å². The minimum atomic E-state index is -0.512. The summed E-state index contributed by atoms with van der Waals surface area (Å²) in [5.74, 6) is 2.01. The highest BCUT2D eigenvalue weighted by molar-refractivity contribution is 5.80. The van der Waals surface area contributed by atoms with Crippen molar-refractivity contribution in [2.45, 2.75) is 147 Å². The van der Waals surface area contributed by atoms with Crippen molar-refractivity contribution in [3.05, 3.63) is 11.6 Å². The first kappa shape index (κ1) is 37.6. The van der Waals surface area contributed by atoms with Crippen molar-refractivity contribution in [1.29, 1.82) is 0 Å². The molecule has 0 spiro atoms. The lowest BCUT2D eigenvalue weighted by Gasteiger charge is -2.69. The number of hydrogen-bond acceptors (Lipinski definition) is 6. The summed E-state index contributed by atoms with van der Waals surface area (Å²) in [5, 5.41) is 0. The van der Waals surface area contributed by atoms with Crippen LogP contribution in [0.2, 0.25) is 0 Å². The van der Waals surface area contributed by atoms with E-state index in [1.165, 1.54) is 12.5 Å². The van der Waals surface area contributed by atoms with Crippen molar-refractivity contribution in [2.75, 3.05) is 19.8 Å². The van der Waals surface area contributed by atoms with Crippen LogP contribution in [0, 0.1) is 62.6 Å². The molecule has 3 fully saturated rings. The third kappa shape index (κ3) is 5.76. The van der Waals surface area contributed by atoms with Gasteiger partial charge in [0.25, 0.3) is 0 Å². The van der Waals surface area contributed by atoms with Crippen LogP contribution in [0.15, 0.2) is 11.6 Å². The summed E-state index contributed by atoms with van der Waals surface area (Å²) in [5.41, 5.74) is 7.05. The molecule has 4 rings (SSSR count). The van der Waals surface area contributed by atoms with Crippen LogP contribution in [-0.4, -0.2) is 49.3 Å². The summed E-state index contributed by atoms with van der Waals surface area (Å²) >= 11 is 0. The van der Waals surface area contributed by atoms with Crippen LogP contribution in [-0.2, 0) is 23.8 Å². The zero-order chi connectivity index (χ0) is 34.8. The lowest BCUT2D eigenvalue weighted by molar-refractivity contribution is -0.226. The maximum Gasteiger partial charge on any atom is 0.302 e. The number of allylic oxidation sites excluding steroid dienone is 1. The molecule has 0 aromatic heterocycles. The normalized spacial score (nSPS) is 42.5. The molecule has 6 heteroatoms. The van der Waals surface area contributed by atoms with E-state index >= 15 is 0 Å². The maximum absolute atomic E-state index is 13.8. The predicted octanol–water partition coefficient (Wildman–Crippen LogP) is 8.41. The zero-order valence-corrected chi connectivity index (χ0v) is 32.0. The molecule has 264 valence electrons. The van der Waals surface area contributed by atoms with Crippen molar-refractivity contribution in [1.82, 2.24) is 0 Å². The Balaban J connectivity index is 1.76. The molecule has 46 heavy (non-hydrogen) atoms. The molecule has 0 bridgehead atoms. The summed E-state index contributed by atoms with van der Waals surface area (Å²) in [6.45, 7) is 32.3. The van der Waals surface area contributed by atoms with Gasteiger partial charge in [0.1, 0.15) is 18.0 Å². The molecule has 2 N–H and O–H groups in total. The van der Waals surface area contributed by atoms with E-state index in [9.17, 15) is 9.59 Å². The number of Topliss-reactive ketones (excluding diaryl/α,β-unsaturated/α-hetero) is 1. The van der Waals surface area contributed by atoms with Gasteiger partial charge in [0.2, 0.25) is 0 Å². The minimum Gasteiger partial charge on any atom is -0.460 e. The quantitative estimate of drug-likeness (QED) is 0.190. The summed E-state index contributed by atoms with van der Waals surface area (Å²) < 4.78 is 19.3. The van der Waals surface area contributed by atoms with Crippen LogP contribution in [0.5, 0.6) is 0 Å². The molecule has 3 aliphatic carbocycles. The molecule has 0 aromatic carbocycles. The Morgan fingerprint density at radius 2 is 1.59 bits per heavy atom. The van der Waals surface area contributed by atoms with Gasteiger partial charge in [0, 0.05) is 29.2 Å². The van der Waals surface area contributed by atoms with Gasteiger partial charge in [-0.1, -0.05) is 80.9 Å². The van der Waals surface area contributed by atoms with Crippen molar-refractivity contribution < 1.29 is 23.8 Å². The van der Waals surface area contributed by atoms with Gasteiger partial charge in [-0.3, -0.25) is 9.59 Å². The maximum atomic E-state index is 13.8. The zero-order valence-electron chi connectivity index (χ0n) is 32.0. The molecule has 1 heterocycles. The molecule has 1 aliphatic heterocycles. The van der Waals surface area contributed by atoms with E-state index in [0.29, 0.717) is 43.4 Å². The number of carbonyl (C=O) groups is 2. The summed E-state index contributed by atoms with van der Waals surface area (Å²) in [7, 11) is 0. The lowest BCUT2D eigenvalue weighted by atomic mass is 9.35. The smallest absolute Gasteiger partial charge is 0.302 e. The Morgan fingerprint density at radius 1 is 0.957 bits per heavy atom. The average molecular weight is 644 g/mol. The lowest BCUT2D eigenvalue weighted by Crippen LogP contribution is -2.66. The van der Waals surface area contributed by atoms with Crippen molar-refractivity contribution in [3.63, 3.8) is 0 Å². The largest absolute Gasteiger partial charge is 0.460 e. The topological polar surface area (TPSA) is 87.8 Å². The Morgan fingerprint density at radius 3 is 2.13 bits per heavy atom. The molecule has 4 aliphatic rings. The Labute approximate surface area is 281 Å². The van der Waals surface area contributed by atoms with Gasteiger partial charge in [-0.05, 0) is 98.7 Å². The van der Waals surface area contributed by atoms with Gasteiger partial charge in [0.15, 0.2) is 0 Å². The number of esters is 1. The third-order valence-corrected chi connectivity index (χ3v) is 15.2. The average Bonchev–Trinajstić information content (AvgIpc) is 2.92. The molecule has 1 unspecified atom stereocenters. The van der Waals surface area contributed by atoms with Crippen LogP contribution >= 0.6 is 0 Å². The second-order valence-electron chi connectivity index (χ2n) is 18.6. The standard InChI is InChI=1S/C40H69NO5/c1-24(2)26(5)35(9)19-20-38(12)31-15-16-32-36(10,30(31)17-18-39(38,13)33(35)27(6)42)21-44-22-37(32,11)34(28(7)46-29(8)43)45-23-40(14,41)25(3)4/h17,24-26,28,31-34H,15-16,18-23,41H2,1-14H3/t26-,28-,31+,32-,33-,34+,35-,36+,37?,38-,39+,40-/m1/s1. The number of ether oxygens (including phenoxy) is 3. The van der Waals surface area contributed by atoms with E-state index in [1.54, 1.807) is 0 Å². The summed E-state index contributed by atoms with van der Waals surface area (Å²) in [6, 6.07) is 0. The van der Waals surface area contributed by atoms with Crippen LogP contribution in [0.1, 0.15) is 129 Å². The molecule has 2 saturated carbocycles. The molecule has 0 radical (unpaired) electrons. The molecular formula is C40H69NO5. The molecule has 12 atom stereocenters. The van der Waals surface area contributed by atoms with Gasteiger partial charge in [-0.25, -0.2) is 0 Å². The van der Waals surface area contributed by atoms with Crippen LogP contribution in [0.25, 0.3) is 0 Å². The summed E-state index contributed by atoms with van der Waals surface area (Å²) in [4.78, 5) is 26.0. The molecule has 0 amide bonds. The SMILES string of the molecule is CC(=O)O[C@H](C)[C@H](OC[C@@](C)(N)C(C)C)C1(C)COC[C@@]2(C)C3=CC[C@@]4(C)[C@H](C(C)=O)[C@@](C)([C@H](C)C(C)C)CC[C@]4(C)[C@H]3CC[C@@H]12. The fourth-order valence-corrected chi connectivity index (χ4v) is 11.6. The second kappa shape index (κ2) is 12.6. The first-order valence-corrected chi connectivity index (χ1v) is 18.4. The Hall–Kier alpha value is -1.24. The monoisotopic (exact) mass is 644 g/mol. The van der Waals surface area contributed by atoms with E-state index in [-0.39, 0.29) is 56.9 Å². The highest BCUT2D eigenvalue weighted by Crippen LogP contribution is 2.73. The number of fused-ring (bicyclic) bond motifs is 5. The second-order valence-corrected chi connectivity index (χ2v) is 18.6. The molecule has 1 saturated heterocycles. The molecule has 6 nitrogen and oxygen atoms in total. The van der Waals surface area contributed by atoms with E-state index < -0.39 is 11.6 Å². The van der Waals surface area contributed by atoms with E-state index in [1.807, 2.05) is 20.8 Å². The number of nitrogens with two attached hydrogens (primary N) is 1. The van der Waals surface area contributed by atoms with Crippen molar-refractivity contribution in [3.8, 4) is 0 Å². The van der Waals surface area contributed by atoms with Crippen molar-refractivity contribution in [2.24, 2.45) is 68.3 Å². The molecule has 0 aromatic rings. The van der Waals surface area contributed by atoms with Crippen LogP contribution < -0.4 is 5.73 Å². The number of rotatable bonds is 10. The van der Waals surface area contributed by atoms with E-state index in [4.69, 9.17) is 19.9 Å². The highest BCUT2D eigenvalue weighted by atomic mass is 16.6. The predicted molar refractivity (Wildman–Crippen MR) is 186 cm³/mol. The minimum absolute atomic E-state index is 0.0158. The van der Waals surface area contributed by atoms with Gasteiger partial charge in [-0.15, -0.1) is 0 Å². The van der Waals surface area contributed by atoms with Crippen LogP contribution in [0.4, 0.5) is 0 Å². The van der Waals surface area contributed by atoms with Gasteiger partial charge in [-0.2, -0.15) is 0 Å².